The molecule has 0 aliphatic heterocycles. The molecule has 0 N–H and O–H groups in total. The smallest absolute Gasteiger partial charge is 0.233 e. The minimum absolute atomic E-state index is 0.152. The van der Waals surface area contributed by atoms with E-state index in [1.165, 1.54) is 0 Å². The maximum Gasteiger partial charge on any atom is 0.233 e. The zero-order valence-corrected chi connectivity index (χ0v) is 13.8. The first-order valence-corrected chi connectivity index (χ1v) is 8.30. The van der Waals surface area contributed by atoms with E-state index in [0.717, 1.165) is 16.2 Å². The summed E-state index contributed by atoms with van der Waals surface area (Å²) in [5.74, 6) is 1.40. The molecule has 2 aromatic rings. The molecule has 0 bridgehead atoms. The van der Waals surface area contributed by atoms with Crippen molar-refractivity contribution in [1.29, 1.82) is 0 Å². The Labute approximate surface area is 136 Å². The van der Waals surface area contributed by atoms with E-state index in [9.17, 15) is 4.79 Å². The number of hydrogen-bond acceptors (Lipinski definition) is 3. The zero-order chi connectivity index (χ0) is 15.8. The largest absolute Gasteiger partial charge is 0.497 e. The van der Waals surface area contributed by atoms with Crippen molar-refractivity contribution >= 4 is 17.7 Å². The lowest BCUT2D eigenvalue weighted by Gasteiger charge is -2.21. The van der Waals surface area contributed by atoms with Crippen molar-refractivity contribution in [2.24, 2.45) is 0 Å². The molecule has 0 heterocycles. The highest BCUT2D eigenvalue weighted by Crippen LogP contribution is 2.23. The number of ether oxygens (including phenoxy) is 1. The molecule has 0 aliphatic carbocycles. The Bertz CT molecular complexity index is 601. The zero-order valence-electron chi connectivity index (χ0n) is 13.0. The number of carbonyl (C=O) groups is 1. The molecule has 0 saturated carbocycles. The van der Waals surface area contributed by atoms with Gasteiger partial charge in [0.05, 0.1) is 12.9 Å². The Morgan fingerprint density at radius 1 is 1.14 bits per heavy atom. The van der Waals surface area contributed by atoms with E-state index in [1.807, 2.05) is 66.4 Å². The summed E-state index contributed by atoms with van der Waals surface area (Å²) in [5.41, 5.74) is 1.16. The summed E-state index contributed by atoms with van der Waals surface area (Å²) in [7, 11) is 1.65. The Kier molecular flexibility index (Phi) is 6.34. The van der Waals surface area contributed by atoms with Crippen molar-refractivity contribution in [3.63, 3.8) is 0 Å². The van der Waals surface area contributed by atoms with Gasteiger partial charge in [0.2, 0.25) is 5.91 Å². The van der Waals surface area contributed by atoms with Crippen molar-refractivity contribution < 1.29 is 9.53 Å². The molecule has 4 heteroatoms. The highest BCUT2D eigenvalue weighted by Gasteiger charge is 2.12. The molecule has 2 rings (SSSR count). The van der Waals surface area contributed by atoms with E-state index < -0.39 is 0 Å². The fourth-order valence-corrected chi connectivity index (χ4v) is 2.95. The Morgan fingerprint density at radius 2 is 1.91 bits per heavy atom. The summed E-state index contributed by atoms with van der Waals surface area (Å²) in [6.07, 6.45) is 0. The van der Waals surface area contributed by atoms with Crippen molar-refractivity contribution in [2.75, 3.05) is 19.4 Å². The summed E-state index contributed by atoms with van der Waals surface area (Å²) < 4.78 is 5.20. The van der Waals surface area contributed by atoms with Crippen molar-refractivity contribution in [1.82, 2.24) is 4.90 Å². The number of hydrogen-bond donors (Lipinski definition) is 0. The first-order chi connectivity index (χ1) is 10.7. The van der Waals surface area contributed by atoms with E-state index in [4.69, 9.17) is 4.74 Å². The van der Waals surface area contributed by atoms with Crippen molar-refractivity contribution in [3.8, 4) is 5.75 Å². The Morgan fingerprint density at radius 3 is 2.59 bits per heavy atom. The molecule has 116 valence electrons. The van der Waals surface area contributed by atoms with Gasteiger partial charge in [-0.05, 0) is 30.7 Å². The van der Waals surface area contributed by atoms with E-state index in [0.29, 0.717) is 18.8 Å². The molecule has 0 aliphatic rings. The van der Waals surface area contributed by atoms with Crippen LogP contribution in [0.3, 0.4) is 0 Å². The highest BCUT2D eigenvalue weighted by molar-refractivity contribution is 8.00. The summed E-state index contributed by atoms with van der Waals surface area (Å²) >= 11 is 1.54. The SMILES string of the molecule is CCN(Cc1ccccc1)C(=O)CSc1cccc(OC)c1. The van der Waals surface area contributed by atoms with Crippen LogP contribution in [0, 0.1) is 0 Å². The monoisotopic (exact) mass is 315 g/mol. The predicted molar refractivity (Wildman–Crippen MR) is 91.3 cm³/mol. The minimum Gasteiger partial charge on any atom is -0.497 e. The summed E-state index contributed by atoms with van der Waals surface area (Å²) in [6, 6.07) is 17.9. The van der Waals surface area contributed by atoms with Crippen LogP contribution in [0.1, 0.15) is 12.5 Å². The second kappa shape index (κ2) is 8.49. The van der Waals surface area contributed by atoms with Gasteiger partial charge in [-0.15, -0.1) is 11.8 Å². The number of amides is 1. The van der Waals surface area contributed by atoms with Crippen LogP contribution in [-0.4, -0.2) is 30.2 Å². The molecule has 0 unspecified atom stereocenters. The standard InChI is InChI=1S/C18H21NO2S/c1-3-19(13-15-8-5-4-6-9-15)18(20)14-22-17-11-7-10-16(12-17)21-2/h4-12H,3,13-14H2,1-2H3. The number of nitrogens with zero attached hydrogens (tertiary/aromatic N) is 1. The summed E-state index contributed by atoms with van der Waals surface area (Å²) in [6.45, 7) is 3.39. The van der Waals surface area contributed by atoms with E-state index in [1.54, 1.807) is 18.9 Å². The highest BCUT2D eigenvalue weighted by atomic mass is 32.2. The van der Waals surface area contributed by atoms with Gasteiger partial charge in [-0.2, -0.15) is 0 Å². The van der Waals surface area contributed by atoms with Gasteiger partial charge in [0, 0.05) is 18.0 Å². The predicted octanol–water partition coefficient (Wildman–Crippen LogP) is 3.84. The van der Waals surface area contributed by atoms with Crippen LogP contribution in [0.5, 0.6) is 5.75 Å². The lowest BCUT2D eigenvalue weighted by atomic mass is 10.2. The number of methoxy groups -OCH3 is 1. The lowest BCUT2D eigenvalue weighted by Crippen LogP contribution is -2.31. The third-order valence-electron chi connectivity index (χ3n) is 3.35. The molecule has 0 saturated heterocycles. The number of carbonyl (C=O) groups excluding carboxylic acids is 1. The average molecular weight is 315 g/mol. The third kappa shape index (κ3) is 4.81. The van der Waals surface area contributed by atoms with Gasteiger partial charge < -0.3 is 9.64 Å². The molecule has 0 spiro atoms. The Hall–Kier alpha value is -1.94. The topological polar surface area (TPSA) is 29.5 Å². The van der Waals surface area contributed by atoms with Crippen LogP contribution in [0.25, 0.3) is 0 Å². The molecule has 0 atom stereocenters. The van der Waals surface area contributed by atoms with Crippen LogP contribution >= 0.6 is 11.8 Å². The quantitative estimate of drug-likeness (QED) is 0.727. The molecular weight excluding hydrogens is 294 g/mol. The maximum absolute atomic E-state index is 12.4. The van der Waals surface area contributed by atoms with Crippen molar-refractivity contribution in [2.45, 2.75) is 18.4 Å². The number of rotatable bonds is 7. The number of benzene rings is 2. The summed E-state index contributed by atoms with van der Waals surface area (Å²) in [4.78, 5) is 15.3. The van der Waals surface area contributed by atoms with Crippen LogP contribution in [-0.2, 0) is 11.3 Å². The molecule has 1 amide bonds. The lowest BCUT2D eigenvalue weighted by molar-refractivity contribution is -0.128. The van der Waals surface area contributed by atoms with Crippen LogP contribution in [0.2, 0.25) is 0 Å². The van der Waals surface area contributed by atoms with Gasteiger partial charge in [0.15, 0.2) is 0 Å². The third-order valence-corrected chi connectivity index (χ3v) is 4.33. The molecule has 0 aromatic heterocycles. The van der Waals surface area contributed by atoms with Crippen molar-refractivity contribution in [3.05, 3.63) is 60.2 Å². The van der Waals surface area contributed by atoms with Crippen LogP contribution < -0.4 is 4.74 Å². The number of thioether (sulfide) groups is 1. The fourth-order valence-electron chi connectivity index (χ4n) is 2.11. The molecule has 22 heavy (non-hydrogen) atoms. The second-order valence-electron chi connectivity index (χ2n) is 4.86. The van der Waals surface area contributed by atoms with Gasteiger partial charge in [0.1, 0.15) is 5.75 Å². The first kappa shape index (κ1) is 16.4. The van der Waals surface area contributed by atoms with Crippen LogP contribution in [0.15, 0.2) is 59.5 Å². The normalized spacial score (nSPS) is 10.3. The van der Waals surface area contributed by atoms with Crippen LogP contribution in [0.4, 0.5) is 0 Å². The maximum atomic E-state index is 12.4. The molecule has 3 nitrogen and oxygen atoms in total. The molecule has 0 radical (unpaired) electrons. The summed E-state index contributed by atoms with van der Waals surface area (Å²) in [5, 5.41) is 0. The fraction of sp³-hybridized carbons (Fsp3) is 0.278. The van der Waals surface area contributed by atoms with Gasteiger partial charge in [0.25, 0.3) is 0 Å². The van der Waals surface area contributed by atoms with Gasteiger partial charge in [-0.1, -0.05) is 36.4 Å². The van der Waals surface area contributed by atoms with Gasteiger partial charge >= 0.3 is 0 Å². The molecule has 2 aromatic carbocycles. The molecular formula is C18H21NO2S. The first-order valence-electron chi connectivity index (χ1n) is 7.31. The van der Waals surface area contributed by atoms with Gasteiger partial charge in [-0.3, -0.25) is 4.79 Å². The van der Waals surface area contributed by atoms with E-state index >= 15 is 0 Å². The van der Waals surface area contributed by atoms with Gasteiger partial charge in [-0.25, -0.2) is 0 Å². The van der Waals surface area contributed by atoms with E-state index in [-0.39, 0.29) is 5.91 Å². The second-order valence-corrected chi connectivity index (χ2v) is 5.91. The average Bonchev–Trinajstić information content (AvgIpc) is 2.58. The van der Waals surface area contributed by atoms with E-state index in [2.05, 4.69) is 0 Å². The molecule has 0 fully saturated rings. The Balaban J connectivity index is 1.91. The minimum atomic E-state index is 0.152.